The molecule has 128 valence electrons. The molecule has 0 radical (unpaired) electrons. The Balaban J connectivity index is 1.72. The van der Waals surface area contributed by atoms with Gasteiger partial charge in [-0.15, -0.1) is 0 Å². The summed E-state index contributed by atoms with van der Waals surface area (Å²) in [5, 5.41) is 15.1. The highest BCUT2D eigenvalue weighted by Gasteiger charge is 2.38. The number of benzene rings is 1. The number of nitrogens with two attached hydrogens (primary N) is 1. The van der Waals surface area contributed by atoms with Crippen LogP contribution in [-0.2, 0) is 4.79 Å². The standard InChI is InChI=1S/C16H20BrN5O2/c17-11-2-1-3-12(9-11)19-15-20-14(18)21-16(22-15)6-4-10(5-7-16)8-13(23)24/h1-3,9-10H,4-8H2,(H,23,24)(H4,18,19,20,21,22). The van der Waals surface area contributed by atoms with Crippen LogP contribution < -0.4 is 16.4 Å². The highest BCUT2D eigenvalue weighted by Crippen LogP contribution is 2.38. The molecule has 24 heavy (non-hydrogen) atoms. The van der Waals surface area contributed by atoms with E-state index in [0.29, 0.717) is 24.8 Å². The molecule has 5 N–H and O–H groups in total. The summed E-state index contributed by atoms with van der Waals surface area (Å²) in [6.45, 7) is 0. The molecule has 3 rings (SSSR count). The second kappa shape index (κ2) is 6.80. The highest BCUT2D eigenvalue weighted by molar-refractivity contribution is 9.10. The molecule has 1 aromatic carbocycles. The first kappa shape index (κ1) is 16.8. The average molecular weight is 394 g/mol. The van der Waals surface area contributed by atoms with E-state index in [1.165, 1.54) is 0 Å². The van der Waals surface area contributed by atoms with Gasteiger partial charge in [0.1, 0.15) is 0 Å². The van der Waals surface area contributed by atoms with Crippen molar-refractivity contribution in [1.82, 2.24) is 5.32 Å². The zero-order valence-electron chi connectivity index (χ0n) is 13.1. The number of nitrogens with one attached hydrogen (secondary N) is 2. The molecule has 1 fully saturated rings. The number of hydrogen-bond acceptors (Lipinski definition) is 6. The van der Waals surface area contributed by atoms with Crippen LogP contribution >= 0.6 is 15.9 Å². The number of nitrogens with zero attached hydrogens (tertiary/aromatic N) is 2. The van der Waals surface area contributed by atoms with Crippen LogP contribution in [0.3, 0.4) is 0 Å². The van der Waals surface area contributed by atoms with E-state index in [0.717, 1.165) is 23.0 Å². The van der Waals surface area contributed by atoms with Gasteiger partial charge in [-0.05, 0) is 49.8 Å². The predicted molar refractivity (Wildman–Crippen MR) is 96.9 cm³/mol. The summed E-state index contributed by atoms with van der Waals surface area (Å²) in [6, 6.07) is 7.76. The molecule has 2 aliphatic rings. The lowest BCUT2D eigenvalue weighted by Crippen LogP contribution is -2.49. The number of guanidine groups is 2. The summed E-state index contributed by atoms with van der Waals surface area (Å²) in [7, 11) is 0. The van der Waals surface area contributed by atoms with E-state index in [-0.39, 0.29) is 12.3 Å². The second-order valence-corrected chi connectivity index (χ2v) is 7.16. The molecule has 1 aliphatic carbocycles. The van der Waals surface area contributed by atoms with Crippen molar-refractivity contribution in [2.75, 3.05) is 5.32 Å². The minimum atomic E-state index is -0.746. The van der Waals surface area contributed by atoms with Gasteiger partial charge in [0.15, 0.2) is 11.6 Å². The zero-order chi connectivity index (χ0) is 17.2. The fourth-order valence-corrected chi connectivity index (χ4v) is 3.61. The van der Waals surface area contributed by atoms with Crippen LogP contribution in [0.5, 0.6) is 0 Å². The Morgan fingerprint density at radius 1 is 1.42 bits per heavy atom. The van der Waals surface area contributed by atoms with E-state index >= 15 is 0 Å². The lowest BCUT2D eigenvalue weighted by Gasteiger charge is -2.36. The molecule has 0 unspecified atom stereocenters. The third-order valence-corrected chi connectivity index (χ3v) is 4.84. The summed E-state index contributed by atoms with van der Waals surface area (Å²) in [5.74, 6) is 0.345. The Hall–Kier alpha value is -2.09. The smallest absolute Gasteiger partial charge is 0.303 e. The Kier molecular flexibility index (Phi) is 4.75. The SMILES string of the molecule is NC1=NC2(CCC(CC(=O)O)CC2)N=C(Nc2cccc(Br)c2)N1. The summed E-state index contributed by atoms with van der Waals surface area (Å²) >= 11 is 3.44. The van der Waals surface area contributed by atoms with E-state index in [1.807, 2.05) is 24.3 Å². The first-order valence-electron chi connectivity index (χ1n) is 7.91. The van der Waals surface area contributed by atoms with E-state index in [9.17, 15) is 4.79 Å². The van der Waals surface area contributed by atoms with Crippen LogP contribution in [0.15, 0.2) is 38.7 Å². The second-order valence-electron chi connectivity index (χ2n) is 6.24. The van der Waals surface area contributed by atoms with Gasteiger partial charge >= 0.3 is 5.97 Å². The topological polar surface area (TPSA) is 112 Å². The fraction of sp³-hybridized carbons (Fsp3) is 0.438. The molecule has 7 nitrogen and oxygen atoms in total. The van der Waals surface area contributed by atoms with Gasteiger partial charge in [-0.1, -0.05) is 22.0 Å². The number of aliphatic imine (C=N–C) groups is 2. The Morgan fingerprint density at radius 2 is 2.17 bits per heavy atom. The van der Waals surface area contributed by atoms with Crippen molar-refractivity contribution < 1.29 is 9.90 Å². The molecule has 1 spiro atoms. The van der Waals surface area contributed by atoms with E-state index in [2.05, 4.69) is 31.6 Å². The van der Waals surface area contributed by atoms with Gasteiger partial charge in [-0.2, -0.15) is 0 Å². The molecular formula is C16H20BrN5O2. The molecular weight excluding hydrogens is 374 g/mol. The zero-order valence-corrected chi connectivity index (χ0v) is 14.7. The number of rotatable bonds is 3. The van der Waals surface area contributed by atoms with Crippen LogP contribution in [0.1, 0.15) is 32.1 Å². The first-order chi connectivity index (χ1) is 11.4. The lowest BCUT2D eigenvalue weighted by molar-refractivity contribution is -0.138. The van der Waals surface area contributed by atoms with Crippen LogP contribution in [0.4, 0.5) is 5.69 Å². The van der Waals surface area contributed by atoms with Crippen LogP contribution in [0, 0.1) is 5.92 Å². The quantitative estimate of drug-likeness (QED) is 0.629. The van der Waals surface area contributed by atoms with E-state index in [1.54, 1.807) is 0 Å². The van der Waals surface area contributed by atoms with Crippen molar-refractivity contribution in [2.45, 2.75) is 37.8 Å². The summed E-state index contributed by atoms with van der Waals surface area (Å²) in [5.41, 5.74) is 6.25. The normalized spacial score (nSPS) is 26.3. The maximum Gasteiger partial charge on any atom is 0.303 e. The molecule has 0 saturated heterocycles. The molecule has 0 amide bonds. The number of carbonyl (C=O) groups is 1. The minimum Gasteiger partial charge on any atom is -0.481 e. The summed E-state index contributed by atoms with van der Waals surface area (Å²) in [4.78, 5) is 20.1. The van der Waals surface area contributed by atoms with Gasteiger partial charge < -0.3 is 16.2 Å². The molecule has 1 saturated carbocycles. The van der Waals surface area contributed by atoms with Gasteiger partial charge in [-0.25, -0.2) is 9.98 Å². The van der Waals surface area contributed by atoms with Crippen molar-refractivity contribution in [3.63, 3.8) is 0 Å². The van der Waals surface area contributed by atoms with Crippen molar-refractivity contribution in [1.29, 1.82) is 0 Å². The maximum atomic E-state index is 10.9. The highest BCUT2D eigenvalue weighted by atomic mass is 79.9. The summed E-state index contributed by atoms with van der Waals surface area (Å²) < 4.78 is 0.967. The number of aliphatic carboxylic acids is 1. The molecule has 0 aromatic heterocycles. The van der Waals surface area contributed by atoms with Crippen molar-refractivity contribution in [2.24, 2.45) is 21.6 Å². The maximum absolute atomic E-state index is 10.9. The lowest BCUT2D eigenvalue weighted by atomic mass is 9.80. The summed E-state index contributed by atoms with van der Waals surface area (Å²) in [6.07, 6.45) is 3.20. The minimum absolute atomic E-state index is 0.191. The van der Waals surface area contributed by atoms with Gasteiger partial charge in [0.25, 0.3) is 0 Å². The average Bonchev–Trinajstić information content (AvgIpc) is 2.49. The molecule has 8 heteroatoms. The van der Waals surface area contributed by atoms with Crippen LogP contribution in [0.25, 0.3) is 0 Å². The molecule has 1 aliphatic heterocycles. The largest absolute Gasteiger partial charge is 0.481 e. The number of carboxylic acids is 1. The van der Waals surface area contributed by atoms with Gasteiger partial charge in [0, 0.05) is 16.6 Å². The van der Waals surface area contributed by atoms with Crippen molar-refractivity contribution in [3.8, 4) is 0 Å². The number of anilines is 1. The van der Waals surface area contributed by atoms with Gasteiger partial charge in [-0.3, -0.25) is 10.1 Å². The number of halogens is 1. The number of carboxylic acid groups (broad SMARTS) is 1. The van der Waals surface area contributed by atoms with E-state index < -0.39 is 11.6 Å². The monoisotopic (exact) mass is 393 g/mol. The molecule has 1 aromatic rings. The fourth-order valence-electron chi connectivity index (χ4n) is 3.21. The van der Waals surface area contributed by atoms with E-state index in [4.69, 9.17) is 15.8 Å². The van der Waals surface area contributed by atoms with Gasteiger partial charge in [0.05, 0.1) is 0 Å². The third-order valence-electron chi connectivity index (χ3n) is 4.35. The van der Waals surface area contributed by atoms with Gasteiger partial charge in [0.2, 0.25) is 5.96 Å². The molecule has 0 atom stereocenters. The third kappa shape index (κ3) is 4.05. The predicted octanol–water partition coefficient (Wildman–Crippen LogP) is 2.50. The Bertz CT molecular complexity index is 695. The first-order valence-corrected chi connectivity index (χ1v) is 8.70. The van der Waals surface area contributed by atoms with Crippen molar-refractivity contribution in [3.05, 3.63) is 28.7 Å². The van der Waals surface area contributed by atoms with Crippen LogP contribution in [0.2, 0.25) is 0 Å². The van der Waals surface area contributed by atoms with Crippen LogP contribution in [-0.4, -0.2) is 28.7 Å². The Morgan fingerprint density at radius 3 is 2.83 bits per heavy atom. The van der Waals surface area contributed by atoms with Crippen molar-refractivity contribution >= 4 is 39.5 Å². The number of hydrogen-bond donors (Lipinski definition) is 4. The molecule has 1 heterocycles. The molecule has 0 bridgehead atoms. The Labute approximate surface area is 148 Å².